The lowest BCUT2D eigenvalue weighted by Gasteiger charge is -2.31. The molecule has 1 fully saturated rings. The van der Waals surface area contributed by atoms with Crippen LogP contribution >= 0.6 is 12.2 Å². The molecule has 0 bridgehead atoms. The number of rotatable bonds is 3. The first-order chi connectivity index (χ1) is 9.49. The van der Waals surface area contributed by atoms with Gasteiger partial charge in [0.1, 0.15) is 11.6 Å². The SMILES string of the molecule is NC(=S)C1CCN(C(=O)Cc2c(F)cccc2F)CC1. The molecule has 0 unspecified atom stereocenters. The molecule has 0 aliphatic carbocycles. The van der Waals surface area contributed by atoms with Gasteiger partial charge in [0.2, 0.25) is 5.91 Å². The van der Waals surface area contributed by atoms with Gasteiger partial charge < -0.3 is 10.6 Å². The van der Waals surface area contributed by atoms with Crippen LogP contribution in [0.25, 0.3) is 0 Å². The molecule has 1 saturated heterocycles. The maximum Gasteiger partial charge on any atom is 0.227 e. The number of halogens is 2. The van der Waals surface area contributed by atoms with Gasteiger partial charge in [-0.3, -0.25) is 4.79 Å². The van der Waals surface area contributed by atoms with Gasteiger partial charge in [0.25, 0.3) is 0 Å². The van der Waals surface area contributed by atoms with Crippen LogP contribution in [0.15, 0.2) is 18.2 Å². The minimum absolute atomic E-state index is 0.152. The van der Waals surface area contributed by atoms with Gasteiger partial charge in [-0.15, -0.1) is 0 Å². The van der Waals surface area contributed by atoms with Gasteiger partial charge in [-0.05, 0) is 25.0 Å². The van der Waals surface area contributed by atoms with Crippen molar-refractivity contribution in [1.82, 2.24) is 4.90 Å². The molecular weight excluding hydrogens is 282 g/mol. The molecule has 6 heteroatoms. The predicted molar refractivity (Wildman–Crippen MR) is 76.2 cm³/mol. The van der Waals surface area contributed by atoms with Crippen molar-refractivity contribution in [3.8, 4) is 0 Å². The zero-order valence-electron chi connectivity index (χ0n) is 10.9. The van der Waals surface area contributed by atoms with E-state index < -0.39 is 11.6 Å². The van der Waals surface area contributed by atoms with E-state index in [0.29, 0.717) is 30.9 Å². The van der Waals surface area contributed by atoms with E-state index in [9.17, 15) is 13.6 Å². The third kappa shape index (κ3) is 3.30. The van der Waals surface area contributed by atoms with Crippen molar-refractivity contribution in [3.05, 3.63) is 35.4 Å². The van der Waals surface area contributed by atoms with Gasteiger partial charge >= 0.3 is 0 Å². The molecule has 1 aliphatic heterocycles. The summed E-state index contributed by atoms with van der Waals surface area (Å²) in [4.78, 5) is 14.2. The molecule has 0 atom stereocenters. The molecule has 0 radical (unpaired) electrons. The van der Waals surface area contributed by atoms with E-state index >= 15 is 0 Å². The quantitative estimate of drug-likeness (QED) is 0.869. The molecule has 0 saturated carbocycles. The summed E-state index contributed by atoms with van der Waals surface area (Å²) in [6, 6.07) is 3.60. The lowest BCUT2D eigenvalue weighted by atomic mass is 9.96. The number of hydrogen-bond acceptors (Lipinski definition) is 2. The van der Waals surface area contributed by atoms with Gasteiger partial charge in [0, 0.05) is 24.6 Å². The number of amides is 1. The summed E-state index contributed by atoms with van der Waals surface area (Å²) in [7, 11) is 0. The summed E-state index contributed by atoms with van der Waals surface area (Å²) in [5.74, 6) is -1.48. The first kappa shape index (κ1) is 14.8. The lowest BCUT2D eigenvalue weighted by Crippen LogP contribution is -2.42. The molecule has 20 heavy (non-hydrogen) atoms. The number of carbonyl (C=O) groups is 1. The summed E-state index contributed by atoms with van der Waals surface area (Å²) in [6.07, 6.45) is 1.16. The molecule has 2 N–H and O–H groups in total. The molecule has 1 amide bonds. The average molecular weight is 298 g/mol. The maximum atomic E-state index is 13.5. The van der Waals surface area contributed by atoms with Crippen LogP contribution in [0.1, 0.15) is 18.4 Å². The van der Waals surface area contributed by atoms with Gasteiger partial charge in [-0.1, -0.05) is 18.3 Å². The van der Waals surface area contributed by atoms with Gasteiger partial charge in [0.15, 0.2) is 0 Å². The van der Waals surface area contributed by atoms with E-state index in [4.69, 9.17) is 18.0 Å². The monoisotopic (exact) mass is 298 g/mol. The Kier molecular flexibility index (Phi) is 4.65. The zero-order valence-corrected chi connectivity index (χ0v) is 11.8. The number of thiocarbonyl (C=S) groups is 1. The minimum Gasteiger partial charge on any atom is -0.393 e. The highest BCUT2D eigenvalue weighted by atomic mass is 32.1. The van der Waals surface area contributed by atoms with Crippen LogP contribution in [0.2, 0.25) is 0 Å². The molecule has 0 spiro atoms. The number of carbonyl (C=O) groups excluding carboxylic acids is 1. The molecule has 0 aromatic heterocycles. The maximum absolute atomic E-state index is 13.5. The highest BCUT2D eigenvalue weighted by Gasteiger charge is 2.25. The van der Waals surface area contributed by atoms with Crippen molar-refractivity contribution in [1.29, 1.82) is 0 Å². The molecule has 3 nitrogen and oxygen atoms in total. The number of nitrogens with zero attached hydrogens (tertiary/aromatic N) is 1. The highest BCUT2D eigenvalue weighted by Crippen LogP contribution is 2.19. The lowest BCUT2D eigenvalue weighted by molar-refractivity contribution is -0.131. The normalized spacial score (nSPS) is 16.2. The van der Waals surface area contributed by atoms with Gasteiger partial charge in [0.05, 0.1) is 11.4 Å². The third-order valence-corrected chi connectivity index (χ3v) is 3.97. The van der Waals surface area contributed by atoms with Gasteiger partial charge in [-0.25, -0.2) is 8.78 Å². The van der Waals surface area contributed by atoms with Crippen LogP contribution in [0.5, 0.6) is 0 Å². The van der Waals surface area contributed by atoms with Crippen molar-refractivity contribution in [2.75, 3.05) is 13.1 Å². The summed E-state index contributed by atoms with van der Waals surface area (Å²) >= 11 is 4.93. The van der Waals surface area contributed by atoms with E-state index in [-0.39, 0.29) is 23.8 Å². The fourth-order valence-electron chi connectivity index (χ4n) is 2.38. The summed E-state index contributed by atoms with van der Waals surface area (Å²) in [5.41, 5.74) is 5.41. The Morgan fingerprint density at radius 3 is 2.35 bits per heavy atom. The van der Waals surface area contributed by atoms with Crippen LogP contribution in [0.4, 0.5) is 8.78 Å². The summed E-state index contributed by atoms with van der Waals surface area (Å²) in [5, 5.41) is 0. The van der Waals surface area contributed by atoms with E-state index in [1.54, 1.807) is 4.90 Å². The van der Waals surface area contributed by atoms with Crippen molar-refractivity contribution < 1.29 is 13.6 Å². The van der Waals surface area contributed by atoms with Gasteiger partial charge in [-0.2, -0.15) is 0 Å². The number of piperidine rings is 1. The molecule has 1 aliphatic rings. The van der Waals surface area contributed by atoms with E-state index in [0.717, 1.165) is 12.1 Å². The Labute approximate surface area is 121 Å². The van der Waals surface area contributed by atoms with Crippen LogP contribution in [0, 0.1) is 17.6 Å². The second-order valence-electron chi connectivity index (χ2n) is 4.93. The Morgan fingerprint density at radius 1 is 1.30 bits per heavy atom. The van der Waals surface area contributed by atoms with E-state index in [1.807, 2.05) is 0 Å². The Bertz CT molecular complexity index is 508. The first-order valence-electron chi connectivity index (χ1n) is 6.49. The second-order valence-corrected chi connectivity index (χ2v) is 5.41. The van der Waals surface area contributed by atoms with Crippen LogP contribution < -0.4 is 5.73 Å². The molecule has 1 heterocycles. The van der Waals surface area contributed by atoms with E-state index in [1.165, 1.54) is 6.07 Å². The highest BCUT2D eigenvalue weighted by molar-refractivity contribution is 7.80. The molecule has 2 rings (SSSR count). The Balaban J connectivity index is 1.98. The molecule has 1 aromatic carbocycles. The number of hydrogen-bond donors (Lipinski definition) is 1. The standard InChI is InChI=1S/C14H16F2N2OS/c15-11-2-1-3-12(16)10(11)8-13(19)18-6-4-9(5-7-18)14(17)20/h1-3,9H,4-8H2,(H2,17,20). The van der Waals surface area contributed by atoms with Crippen molar-refractivity contribution in [3.63, 3.8) is 0 Å². The number of nitrogens with two attached hydrogens (primary N) is 1. The fraction of sp³-hybridized carbons (Fsp3) is 0.429. The number of likely N-dealkylation sites (tertiary alicyclic amines) is 1. The summed E-state index contributed by atoms with van der Waals surface area (Å²) < 4.78 is 27.0. The van der Waals surface area contributed by atoms with Crippen molar-refractivity contribution in [2.24, 2.45) is 11.7 Å². The minimum atomic E-state index is -0.684. The van der Waals surface area contributed by atoms with Crippen LogP contribution in [-0.2, 0) is 11.2 Å². The molecular formula is C14H16F2N2OS. The van der Waals surface area contributed by atoms with Crippen LogP contribution in [0.3, 0.4) is 0 Å². The van der Waals surface area contributed by atoms with Crippen molar-refractivity contribution in [2.45, 2.75) is 19.3 Å². The first-order valence-corrected chi connectivity index (χ1v) is 6.90. The third-order valence-electron chi connectivity index (χ3n) is 3.64. The molecule has 108 valence electrons. The Hall–Kier alpha value is -1.56. The molecule has 1 aromatic rings. The smallest absolute Gasteiger partial charge is 0.227 e. The largest absolute Gasteiger partial charge is 0.393 e. The second kappa shape index (κ2) is 6.26. The average Bonchev–Trinajstić information content (AvgIpc) is 2.43. The topological polar surface area (TPSA) is 46.3 Å². The fourth-order valence-corrected chi connectivity index (χ4v) is 2.61. The van der Waals surface area contributed by atoms with Crippen molar-refractivity contribution >= 4 is 23.1 Å². The zero-order chi connectivity index (χ0) is 14.7. The Morgan fingerprint density at radius 2 is 1.85 bits per heavy atom. The van der Waals surface area contributed by atoms with E-state index in [2.05, 4.69) is 0 Å². The van der Waals surface area contributed by atoms with Crippen LogP contribution in [-0.4, -0.2) is 28.9 Å². The summed E-state index contributed by atoms with van der Waals surface area (Å²) in [6.45, 7) is 1.05. The number of benzene rings is 1. The predicted octanol–water partition coefficient (Wildman–Crippen LogP) is 2.03.